The lowest BCUT2D eigenvalue weighted by Gasteiger charge is -2.24. The van der Waals surface area contributed by atoms with Crippen LogP contribution in [-0.2, 0) is 9.53 Å². The molecule has 3 rings (SSSR count). The van der Waals surface area contributed by atoms with Crippen molar-refractivity contribution in [2.45, 2.75) is 31.7 Å². The first-order valence-electron chi connectivity index (χ1n) is 8.81. The summed E-state index contributed by atoms with van der Waals surface area (Å²) < 4.78 is 18.7. The second-order valence-electron chi connectivity index (χ2n) is 6.52. The van der Waals surface area contributed by atoms with Crippen LogP contribution in [0, 0.1) is 0 Å². The summed E-state index contributed by atoms with van der Waals surface area (Å²) in [5.41, 5.74) is 4.49. The van der Waals surface area contributed by atoms with E-state index in [1.54, 1.807) is 0 Å². The van der Waals surface area contributed by atoms with Crippen molar-refractivity contribution in [3.63, 3.8) is 0 Å². The summed E-state index contributed by atoms with van der Waals surface area (Å²) in [5, 5.41) is 0. The minimum absolute atomic E-state index is 0.0644. The van der Waals surface area contributed by atoms with E-state index in [4.69, 9.17) is 4.74 Å². The van der Waals surface area contributed by atoms with Gasteiger partial charge in [0.2, 0.25) is 0 Å². The maximum absolute atomic E-state index is 13.2. The Morgan fingerprint density at radius 3 is 2.12 bits per heavy atom. The van der Waals surface area contributed by atoms with E-state index in [1.807, 2.05) is 43.3 Å². The highest BCUT2D eigenvalue weighted by Gasteiger charge is 2.31. The van der Waals surface area contributed by atoms with Gasteiger partial charge in [0.15, 0.2) is 0 Å². The van der Waals surface area contributed by atoms with Gasteiger partial charge in [-0.1, -0.05) is 61.9 Å². The number of halogens is 1. The van der Waals surface area contributed by atoms with Gasteiger partial charge in [-0.15, -0.1) is 0 Å². The average Bonchev–Trinajstić information content (AvgIpc) is 2.97. The van der Waals surface area contributed by atoms with Gasteiger partial charge in [0.25, 0.3) is 0 Å². The highest BCUT2D eigenvalue weighted by Crippen LogP contribution is 2.44. The molecule has 2 aromatic rings. The molecule has 4 nitrogen and oxygen atoms in total. The lowest BCUT2D eigenvalue weighted by atomic mass is 9.98. The number of rotatable bonds is 6. The number of amides is 1. The summed E-state index contributed by atoms with van der Waals surface area (Å²) in [6, 6.07) is 13.5. The zero-order valence-corrected chi connectivity index (χ0v) is 14.9. The van der Waals surface area contributed by atoms with Crippen LogP contribution in [0.25, 0.3) is 11.1 Å². The van der Waals surface area contributed by atoms with Crippen LogP contribution in [0.15, 0.2) is 48.5 Å². The highest BCUT2D eigenvalue weighted by atomic mass is 19.1. The minimum Gasteiger partial charge on any atom is -0.448 e. The van der Waals surface area contributed by atoms with Gasteiger partial charge in [-0.2, -0.15) is 4.39 Å². The molecule has 0 unspecified atom stereocenters. The van der Waals surface area contributed by atoms with Crippen LogP contribution in [0.1, 0.15) is 36.8 Å². The van der Waals surface area contributed by atoms with Crippen molar-refractivity contribution in [1.82, 2.24) is 4.90 Å². The number of likely N-dealkylation sites (N-methyl/N-ethyl adjacent to an activating group) is 1. The number of ether oxygens (including phenoxy) is 1. The third-order valence-corrected chi connectivity index (χ3v) is 4.92. The van der Waals surface area contributed by atoms with E-state index < -0.39 is 18.2 Å². The smallest absolute Gasteiger partial charge is 0.410 e. The Bertz CT molecular complexity index is 775. The number of benzene rings is 2. The lowest BCUT2D eigenvalue weighted by Crippen LogP contribution is -2.41. The molecule has 1 aliphatic rings. The summed E-state index contributed by atoms with van der Waals surface area (Å²) >= 11 is 0. The van der Waals surface area contributed by atoms with E-state index in [2.05, 4.69) is 12.1 Å². The fourth-order valence-electron chi connectivity index (χ4n) is 3.56. The quantitative estimate of drug-likeness (QED) is 0.715. The van der Waals surface area contributed by atoms with Gasteiger partial charge in [-0.3, -0.25) is 9.69 Å². The number of carbonyl (C=O) groups excluding carboxylic acids is 2. The van der Waals surface area contributed by atoms with E-state index in [0.717, 1.165) is 27.2 Å². The van der Waals surface area contributed by atoms with E-state index >= 15 is 0 Å². The maximum Gasteiger partial charge on any atom is 0.410 e. The molecule has 1 amide bonds. The van der Waals surface area contributed by atoms with Crippen LogP contribution in [0.5, 0.6) is 0 Å². The van der Waals surface area contributed by atoms with Crippen molar-refractivity contribution >= 4 is 12.1 Å². The van der Waals surface area contributed by atoms with Gasteiger partial charge in [0.05, 0.1) is 0 Å². The Morgan fingerprint density at radius 2 is 1.62 bits per heavy atom. The van der Waals surface area contributed by atoms with Crippen LogP contribution < -0.4 is 0 Å². The molecular formula is C21H22FNO3. The van der Waals surface area contributed by atoms with Gasteiger partial charge in [-0.05, 0) is 28.7 Å². The van der Waals surface area contributed by atoms with Gasteiger partial charge in [-0.25, -0.2) is 4.79 Å². The standard InChI is InChI=1S/C21H22FNO3/c1-3-8-19(20(22)24)23(2)21(25)26-13-18-16-11-6-4-9-14(16)15-10-5-7-12-17(15)18/h4-7,9-12,18-19H,3,8,13H2,1-2H3/t19-/m0/s1. The predicted molar refractivity (Wildman–Crippen MR) is 97.6 cm³/mol. The maximum atomic E-state index is 13.2. The molecule has 1 atom stereocenters. The first-order valence-corrected chi connectivity index (χ1v) is 8.81. The number of fused-ring (bicyclic) bond motifs is 3. The van der Waals surface area contributed by atoms with Crippen molar-refractivity contribution < 1.29 is 18.7 Å². The highest BCUT2D eigenvalue weighted by molar-refractivity contribution is 5.81. The summed E-state index contributed by atoms with van der Waals surface area (Å²) in [6.07, 6.45) is 0.188. The van der Waals surface area contributed by atoms with E-state index in [-0.39, 0.29) is 18.9 Å². The fourth-order valence-corrected chi connectivity index (χ4v) is 3.56. The zero-order valence-electron chi connectivity index (χ0n) is 14.9. The Labute approximate surface area is 152 Å². The van der Waals surface area contributed by atoms with Crippen molar-refractivity contribution in [3.8, 4) is 11.1 Å². The molecule has 0 aliphatic heterocycles. The van der Waals surface area contributed by atoms with E-state index in [0.29, 0.717) is 6.42 Å². The molecule has 1 aliphatic carbocycles. The number of nitrogens with zero attached hydrogens (tertiary/aromatic N) is 1. The monoisotopic (exact) mass is 355 g/mol. The summed E-state index contributed by atoms with van der Waals surface area (Å²) in [4.78, 5) is 24.5. The minimum atomic E-state index is -1.51. The van der Waals surface area contributed by atoms with Crippen LogP contribution >= 0.6 is 0 Å². The summed E-state index contributed by atoms with van der Waals surface area (Å²) in [6.45, 7) is 1.98. The summed E-state index contributed by atoms with van der Waals surface area (Å²) in [7, 11) is 1.40. The molecule has 136 valence electrons. The third kappa shape index (κ3) is 3.34. The van der Waals surface area contributed by atoms with Crippen molar-refractivity contribution in [1.29, 1.82) is 0 Å². The second kappa shape index (κ2) is 7.68. The molecule has 0 aromatic heterocycles. The molecule has 0 heterocycles. The molecule has 0 radical (unpaired) electrons. The Balaban J connectivity index is 1.75. The van der Waals surface area contributed by atoms with Crippen molar-refractivity contribution in [3.05, 3.63) is 59.7 Å². The molecule has 0 saturated carbocycles. The Morgan fingerprint density at radius 1 is 1.08 bits per heavy atom. The Kier molecular flexibility index (Phi) is 5.35. The van der Waals surface area contributed by atoms with Crippen molar-refractivity contribution in [2.75, 3.05) is 13.7 Å². The molecule has 26 heavy (non-hydrogen) atoms. The SMILES string of the molecule is CCC[C@@H](C(=O)F)N(C)C(=O)OCC1c2ccccc2-c2ccccc21. The Hall–Kier alpha value is -2.69. The molecule has 2 aromatic carbocycles. The zero-order chi connectivity index (χ0) is 18.7. The largest absolute Gasteiger partial charge is 0.448 e. The third-order valence-electron chi connectivity index (χ3n) is 4.92. The number of hydrogen-bond donors (Lipinski definition) is 0. The normalized spacial score (nSPS) is 13.7. The van der Waals surface area contributed by atoms with E-state index in [9.17, 15) is 14.0 Å². The molecule has 0 spiro atoms. The van der Waals surface area contributed by atoms with E-state index in [1.165, 1.54) is 7.05 Å². The van der Waals surface area contributed by atoms with Gasteiger partial charge in [0, 0.05) is 13.0 Å². The molecule has 0 saturated heterocycles. The topological polar surface area (TPSA) is 46.6 Å². The first-order chi connectivity index (χ1) is 12.5. The van der Waals surface area contributed by atoms with Crippen LogP contribution in [0.3, 0.4) is 0 Å². The molecule has 0 N–H and O–H groups in total. The molecular weight excluding hydrogens is 333 g/mol. The predicted octanol–water partition coefficient (Wildman–Crippen LogP) is 4.53. The number of carbonyl (C=O) groups is 2. The second-order valence-corrected chi connectivity index (χ2v) is 6.52. The molecule has 0 bridgehead atoms. The molecule has 5 heteroatoms. The number of hydrogen-bond acceptors (Lipinski definition) is 3. The van der Waals surface area contributed by atoms with Crippen molar-refractivity contribution in [2.24, 2.45) is 0 Å². The average molecular weight is 355 g/mol. The van der Waals surface area contributed by atoms with Gasteiger partial charge >= 0.3 is 12.1 Å². The van der Waals surface area contributed by atoms with Crippen LogP contribution in [0.2, 0.25) is 0 Å². The van der Waals surface area contributed by atoms with Gasteiger partial charge in [0.1, 0.15) is 12.6 Å². The van der Waals surface area contributed by atoms with Crippen LogP contribution in [-0.4, -0.2) is 36.7 Å². The van der Waals surface area contributed by atoms with Crippen LogP contribution in [0.4, 0.5) is 9.18 Å². The fraction of sp³-hybridized carbons (Fsp3) is 0.333. The summed E-state index contributed by atoms with van der Waals surface area (Å²) in [5.74, 6) is -0.0644. The molecule has 0 fully saturated rings. The first kappa shape index (κ1) is 18.1. The lowest BCUT2D eigenvalue weighted by molar-refractivity contribution is -0.134. The van der Waals surface area contributed by atoms with Gasteiger partial charge < -0.3 is 4.74 Å².